The van der Waals surface area contributed by atoms with E-state index in [1.54, 1.807) is 20.5 Å². The summed E-state index contributed by atoms with van der Waals surface area (Å²) in [5, 5.41) is 0. The van der Waals surface area contributed by atoms with E-state index < -0.39 is 0 Å². The largest absolute Gasteiger partial charge is 0.381 e. The van der Waals surface area contributed by atoms with Crippen LogP contribution in [0.3, 0.4) is 0 Å². The monoisotopic (exact) mass is 343 g/mol. The van der Waals surface area contributed by atoms with Gasteiger partial charge in [0.25, 0.3) is 0 Å². The Morgan fingerprint density at radius 2 is 2.16 bits per heavy atom. The predicted molar refractivity (Wildman–Crippen MR) is 94.2 cm³/mol. The Morgan fingerprint density at radius 1 is 1.32 bits per heavy atom. The summed E-state index contributed by atoms with van der Waals surface area (Å²) in [6, 6.07) is 7.99. The number of hydrogen-bond donors (Lipinski definition) is 0. The number of carbonyl (C=O) groups is 1. The van der Waals surface area contributed by atoms with Crippen molar-refractivity contribution in [2.75, 3.05) is 20.8 Å². The van der Waals surface area contributed by atoms with Crippen LogP contribution >= 0.6 is 0 Å². The zero-order chi connectivity index (χ0) is 17.4. The quantitative estimate of drug-likeness (QED) is 0.854. The maximum Gasteiger partial charge on any atom is 0.242 e. The second kappa shape index (κ2) is 6.42. The van der Waals surface area contributed by atoms with E-state index >= 15 is 0 Å². The number of aromatic nitrogens is 2. The van der Waals surface area contributed by atoms with Crippen molar-refractivity contribution >= 4 is 16.9 Å². The molecule has 2 aromatic rings. The van der Waals surface area contributed by atoms with Crippen LogP contribution in [-0.2, 0) is 20.8 Å². The fraction of sp³-hybridized carbons (Fsp3) is 0.579. The number of nitrogens with zero attached hydrogens (tertiary/aromatic N) is 3. The minimum absolute atomic E-state index is 0.0958. The Labute approximate surface area is 147 Å². The van der Waals surface area contributed by atoms with Crippen LogP contribution in [0, 0.1) is 0 Å². The fourth-order valence-corrected chi connectivity index (χ4v) is 4.55. The first-order valence-corrected chi connectivity index (χ1v) is 8.94. The van der Waals surface area contributed by atoms with Crippen molar-refractivity contribution in [3.63, 3.8) is 0 Å². The Bertz CT molecular complexity index is 774. The Morgan fingerprint density at radius 3 is 2.96 bits per heavy atom. The molecule has 0 radical (unpaired) electrons. The van der Waals surface area contributed by atoms with Crippen LogP contribution in [0.1, 0.15) is 25.7 Å². The van der Waals surface area contributed by atoms with E-state index in [2.05, 4.69) is 4.98 Å². The molecule has 6 heteroatoms. The van der Waals surface area contributed by atoms with Crippen molar-refractivity contribution in [3.8, 4) is 0 Å². The topological polar surface area (TPSA) is 56.6 Å². The standard InChI is InChI=1S/C19H25N3O3/c1-24-14-7-8-19(25-2)9-10-22(17(19)11-14)18(23)12-21-13-20-15-5-3-4-6-16(15)21/h3-6,13-14,17H,7-12H2,1-2H3/t14-,17+,19-/m0/s1. The third-order valence-electron chi connectivity index (χ3n) is 6.03. The minimum atomic E-state index is -0.207. The molecule has 1 amide bonds. The summed E-state index contributed by atoms with van der Waals surface area (Å²) in [6.45, 7) is 1.06. The number of benzene rings is 1. The Balaban J connectivity index is 1.55. The normalized spacial score (nSPS) is 29.1. The molecule has 25 heavy (non-hydrogen) atoms. The molecule has 0 unspecified atom stereocenters. The Hall–Kier alpha value is -1.92. The van der Waals surface area contributed by atoms with E-state index in [0.29, 0.717) is 6.54 Å². The zero-order valence-corrected chi connectivity index (χ0v) is 14.9. The molecular weight excluding hydrogens is 318 g/mol. The smallest absolute Gasteiger partial charge is 0.242 e. The maximum atomic E-state index is 13.0. The second-order valence-corrected chi connectivity index (χ2v) is 7.12. The van der Waals surface area contributed by atoms with E-state index in [1.165, 1.54) is 0 Å². The summed E-state index contributed by atoms with van der Waals surface area (Å²) >= 11 is 0. The van der Waals surface area contributed by atoms with Crippen LogP contribution in [0.5, 0.6) is 0 Å². The molecule has 3 atom stereocenters. The summed E-state index contributed by atoms with van der Waals surface area (Å²) in [5.74, 6) is 0.129. The molecule has 134 valence electrons. The summed E-state index contributed by atoms with van der Waals surface area (Å²) in [4.78, 5) is 19.4. The van der Waals surface area contributed by atoms with Crippen molar-refractivity contribution in [1.82, 2.24) is 14.5 Å². The van der Waals surface area contributed by atoms with Gasteiger partial charge in [-0.05, 0) is 37.8 Å². The average molecular weight is 343 g/mol. The van der Waals surface area contributed by atoms with Gasteiger partial charge in [0.2, 0.25) is 5.91 Å². The number of likely N-dealkylation sites (tertiary alicyclic amines) is 1. The van der Waals surface area contributed by atoms with Gasteiger partial charge in [0.15, 0.2) is 0 Å². The highest BCUT2D eigenvalue weighted by molar-refractivity contribution is 5.81. The molecule has 2 aliphatic rings. The molecule has 0 spiro atoms. The van der Waals surface area contributed by atoms with Gasteiger partial charge in [0.1, 0.15) is 6.54 Å². The van der Waals surface area contributed by atoms with E-state index in [1.807, 2.05) is 33.7 Å². The average Bonchev–Trinajstić information content (AvgIpc) is 3.23. The molecule has 1 aromatic heterocycles. The van der Waals surface area contributed by atoms with Crippen molar-refractivity contribution in [1.29, 1.82) is 0 Å². The van der Waals surface area contributed by atoms with Crippen molar-refractivity contribution in [2.45, 2.75) is 50.0 Å². The number of amides is 1. The molecule has 1 saturated heterocycles. The summed E-state index contributed by atoms with van der Waals surface area (Å²) in [7, 11) is 3.53. The van der Waals surface area contributed by atoms with Crippen LogP contribution in [-0.4, -0.2) is 58.9 Å². The van der Waals surface area contributed by atoms with E-state index in [-0.39, 0.29) is 23.7 Å². The first kappa shape index (κ1) is 16.5. The highest BCUT2D eigenvalue weighted by atomic mass is 16.5. The molecular formula is C19H25N3O3. The van der Waals surface area contributed by atoms with Crippen molar-refractivity contribution in [3.05, 3.63) is 30.6 Å². The molecule has 2 heterocycles. The molecule has 0 bridgehead atoms. The van der Waals surface area contributed by atoms with Gasteiger partial charge in [-0.1, -0.05) is 12.1 Å². The minimum Gasteiger partial charge on any atom is -0.381 e. The number of para-hydroxylation sites is 2. The summed E-state index contributed by atoms with van der Waals surface area (Å²) in [6.07, 6.45) is 5.65. The lowest BCUT2D eigenvalue weighted by Gasteiger charge is -2.43. The maximum absolute atomic E-state index is 13.0. The number of fused-ring (bicyclic) bond motifs is 2. The van der Waals surface area contributed by atoms with Crippen LogP contribution in [0.15, 0.2) is 30.6 Å². The van der Waals surface area contributed by atoms with Crippen molar-refractivity contribution in [2.24, 2.45) is 0 Å². The van der Waals surface area contributed by atoms with Gasteiger partial charge in [-0.15, -0.1) is 0 Å². The Kier molecular flexibility index (Phi) is 4.25. The highest BCUT2D eigenvalue weighted by Crippen LogP contribution is 2.43. The van der Waals surface area contributed by atoms with Crippen LogP contribution in [0.4, 0.5) is 0 Å². The SMILES string of the molecule is CO[C@H]1CC[C@]2(OC)CCN(C(=O)Cn3cnc4ccccc43)[C@@H]2C1. The summed E-state index contributed by atoms with van der Waals surface area (Å²) < 4.78 is 13.4. The van der Waals surface area contributed by atoms with E-state index in [4.69, 9.17) is 9.47 Å². The molecule has 1 aromatic carbocycles. The van der Waals surface area contributed by atoms with Gasteiger partial charge in [-0.2, -0.15) is 0 Å². The predicted octanol–water partition coefficient (Wildman–Crippen LogP) is 2.22. The number of methoxy groups -OCH3 is 2. The number of hydrogen-bond acceptors (Lipinski definition) is 4. The molecule has 2 fully saturated rings. The lowest BCUT2D eigenvalue weighted by atomic mass is 9.79. The number of carbonyl (C=O) groups excluding carboxylic acids is 1. The molecule has 0 N–H and O–H groups in total. The van der Waals surface area contributed by atoms with E-state index in [9.17, 15) is 4.79 Å². The number of rotatable bonds is 4. The van der Waals surface area contributed by atoms with Gasteiger partial charge in [-0.3, -0.25) is 4.79 Å². The first-order valence-electron chi connectivity index (χ1n) is 8.94. The second-order valence-electron chi connectivity index (χ2n) is 7.12. The van der Waals surface area contributed by atoms with Crippen LogP contribution in [0.25, 0.3) is 11.0 Å². The van der Waals surface area contributed by atoms with Gasteiger partial charge in [0.05, 0.1) is 35.1 Å². The first-order chi connectivity index (χ1) is 12.2. The molecule has 1 saturated carbocycles. The number of imidazole rings is 1. The number of ether oxygens (including phenoxy) is 2. The third-order valence-corrected chi connectivity index (χ3v) is 6.03. The molecule has 1 aliphatic carbocycles. The van der Waals surface area contributed by atoms with E-state index in [0.717, 1.165) is 43.3 Å². The van der Waals surface area contributed by atoms with Gasteiger partial charge >= 0.3 is 0 Å². The lowest BCUT2D eigenvalue weighted by Crippen LogP contribution is -2.53. The fourth-order valence-electron chi connectivity index (χ4n) is 4.55. The lowest BCUT2D eigenvalue weighted by molar-refractivity contribution is -0.141. The van der Waals surface area contributed by atoms with Crippen LogP contribution < -0.4 is 0 Å². The zero-order valence-electron chi connectivity index (χ0n) is 14.9. The summed E-state index contributed by atoms with van der Waals surface area (Å²) in [5.41, 5.74) is 1.70. The highest BCUT2D eigenvalue weighted by Gasteiger charge is 2.52. The van der Waals surface area contributed by atoms with Gasteiger partial charge < -0.3 is 18.9 Å². The van der Waals surface area contributed by atoms with Crippen molar-refractivity contribution < 1.29 is 14.3 Å². The third kappa shape index (κ3) is 2.73. The molecule has 6 nitrogen and oxygen atoms in total. The van der Waals surface area contributed by atoms with Gasteiger partial charge in [0, 0.05) is 20.8 Å². The molecule has 1 aliphatic heterocycles. The van der Waals surface area contributed by atoms with Crippen LogP contribution in [0.2, 0.25) is 0 Å². The molecule has 4 rings (SSSR count). The van der Waals surface area contributed by atoms with Gasteiger partial charge in [-0.25, -0.2) is 4.98 Å².